The molecule has 0 spiro atoms. The van der Waals surface area contributed by atoms with Gasteiger partial charge < -0.3 is 25.7 Å². The van der Waals surface area contributed by atoms with Crippen LogP contribution in [0.2, 0.25) is 0 Å². The lowest BCUT2D eigenvalue weighted by atomic mass is 10.1. The summed E-state index contributed by atoms with van der Waals surface area (Å²) < 4.78 is 66.2. The number of nitrogens with zero attached hydrogens (tertiary/aromatic N) is 1. The largest absolute Gasteiger partial charge is 0.487 e. The summed E-state index contributed by atoms with van der Waals surface area (Å²) in [6.45, 7) is 0. The van der Waals surface area contributed by atoms with Gasteiger partial charge in [0.2, 0.25) is 0 Å². The molecule has 174 valence electrons. The molecule has 4 rings (SSSR count). The van der Waals surface area contributed by atoms with Gasteiger partial charge in [-0.1, -0.05) is 0 Å². The predicted octanol–water partition coefficient (Wildman–Crippen LogP) is 3.61. The maximum absolute atomic E-state index is 14.5. The fourth-order valence-electron chi connectivity index (χ4n) is 3.65. The average molecular weight is 465 g/mol. The molecule has 8 nitrogen and oxygen atoms in total. The van der Waals surface area contributed by atoms with Crippen LogP contribution >= 0.6 is 0 Å². The van der Waals surface area contributed by atoms with Crippen molar-refractivity contribution in [2.45, 2.75) is 31.3 Å². The van der Waals surface area contributed by atoms with Gasteiger partial charge in [0.25, 0.3) is 11.8 Å². The molecule has 6 N–H and O–H groups in total. The zero-order valence-corrected chi connectivity index (χ0v) is 17.0. The summed E-state index contributed by atoms with van der Waals surface area (Å²) >= 11 is 0. The van der Waals surface area contributed by atoms with Gasteiger partial charge in [0.15, 0.2) is 17.4 Å². The number of halogens is 4. The minimum Gasteiger partial charge on any atom is -0.487 e. The predicted molar refractivity (Wildman–Crippen MR) is 112 cm³/mol. The molecule has 0 aliphatic heterocycles. The monoisotopic (exact) mass is 465 g/mol. The van der Waals surface area contributed by atoms with E-state index >= 15 is 0 Å². The smallest absolute Gasteiger partial charge is 0.259 e. The lowest BCUT2D eigenvalue weighted by Crippen LogP contribution is -2.32. The van der Waals surface area contributed by atoms with E-state index in [-0.39, 0.29) is 52.2 Å². The highest BCUT2D eigenvalue weighted by Crippen LogP contribution is 2.37. The first-order valence-corrected chi connectivity index (χ1v) is 9.82. The van der Waals surface area contributed by atoms with Crippen LogP contribution in [0.5, 0.6) is 5.75 Å². The third kappa shape index (κ3) is 4.55. The lowest BCUT2D eigenvalue weighted by Gasteiger charge is -2.15. The molecule has 1 unspecified atom stereocenters. The molecule has 0 radical (unpaired) electrons. The van der Waals surface area contributed by atoms with E-state index in [1.807, 2.05) is 0 Å². The van der Waals surface area contributed by atoms with Crippen molar-refractivity contribution in [3.63, 3.8) is 0 Å². The van der Waals surface area contributed by atoms with Gasteiger partial charge in [-0.3, -0.25) is 4.79 Å². The SMILES string of the molecule is N/N=C(\NN)c1cc2occ(C(=O)Nc3ccc(OC4CCC(F)(F)C4)c(F)c3)c2cc1F. The van der Waals surface area contributed by atoms with E-state index in [0.717, 1.165) is 18.4 Å². The topological polar surface area (TPSA) is 128 Å². The number of ether oxygens (including phenoxy) is 1. The van der Waals surface area contributed by atoms with Crippen molar-refractivity contribution in [2.75, 3.05) is 5.32 Å². The van der Waals surface area contributed by atoms with Crippen molar-refractivity contribution in [1.29, 1.82) is 0 Å². The summed E-state index contributed by atoms with van der Waals surface area (Å²) in [6.07, 6.45) is -0.330. The number of amidine groups is 1. The van der Waals surface area contributed by atoms with Gasteiger partial charge in [-0.15, -0.1) is 0 Å². The zero-order chi connectivity index (χ0) is 23.8. The molecule has 1 fully saturated rings. The van der Waals surface area contributed by atoms with Gasteiger partial charge in [-0.25, -0.2) is 23.4 Å². The maximum atomic E-state index is 14.5. The number of nitrogens with two attached hydrogens (primary N) is 2. The quantitative estimate of drug-likeness (QED) is 0.150. The van der Waals surface area contributed by atoms with Crippen LogP contribution in [0.3, 0.4) is 0 Å². The number of carbonyl (C=O) groups excluding carboxylic acids is 1. The normalized spacial score (nSPS) is 17.8. The summed E-state index contributed by atoms with van der Waals surface area (Å²) in [5.74, 6) is 5.01. The second kappa shape index (κ2) is 8.62. The van der Waals surface area contributed by atoms with Crippen LogP contribution in [-0.2, 0) is 0 Å². The highest BCUT2D eigenvalue weighted by atomic mass is 19.3. The summed E-state index contributed by atoms with van der Waals surface area (Å²) in [7, 11) is 0. The van der Waals surface area contributed by atoms with Crippen LogP contribution in [-0.4, -0.2) is 23.8 Å². The average Bonchev–Trinajstić information content (AvgIpc) is 3.33. The van der Waals surface area contributed by atoms with E-state index in [2.05, 4.69) is 15.8 Å². The first-order valence-electron chi connectivity index (χ1n) is 9.82. The van der Waals surface area contributed by atoms with Crippen LogP contribution in [0, 0.1) is 11.6 Å². The summed E-state index contributed by atoms with van der Waals surface area (Å²) in [5, 5.41) is 5.97. The fraction of sp³-hybridized carbons (Fsp3) is 0.238. The van der Waals surface area contributed by atoms with E-state index in [4.69, 9.17) is 20.8 Å². The number of furan rings is 1. The van der Waals surface area contributed by atoms with E-state index in [0.29, 0.717) is 0 Å². The third-order valence-electron chi connectivity index (χ3n) is 5.27. The third-order valence-corrected chi connectivity index (χ3v) is 5.27. The van der Waals surface area contributed by atoms with Gasteiger partial charge in [-0.05, 0) is 30.7 Å². The molecule has 1 amide bonds. The minimum absolute atomic E-state index is 0.00341. The molecule has 3 aromatic rings. The second-order valence-electron chi connectivity index (χ2n) is 7.54. The van der Waals surface area contributed by atoms with Crippen LogP contribution in [0.25, 0.3) is 11.0 Å². The Kier molecular flexibility index (Phi) is 5.85. The van der Waals surface area contributed by atoms with Gasteiger partial charge >= 0.3 is 0 Å². The molecule has 0 saturated heterocycles. The molecule has 2 aromatic carbocycles. The number of hydrazine groups is 1. The van der Waals surface area contributed by atoms with Gasteiger partial charge in [0, 0.05) is 30.0 Å². The number of nitrogens with one attached hydrogen (secondary N) is 2. The molecular formula is C21H19F4N5O3. The van der Waals surface area contributed by atoms with Gasteiger partial charge in [0.1, 0.15) is 23.8 Å². The molecule has 33 heavy (non-hydrogen) atoms. The number of rotatable bonds is 5. The Morgan fingerprint density at radius 2 is 1.97 bits per heavy atom. The maximum Gasteiger partial charge on any atom is 0.259 e. The van der Waals surface area contributed by atoms with Gasteiger partial charge in [0.05, 0.1) is 11.1 Å². The van der Waals surface area contributed by atoms with E-state index < -0.39 is 36.0 Å². The molecule has 1 saturated carbocycles. The van der Waals surface area contributed by atoms with E-state index in [1.165, 1.54) is 18.2 Å². The fourth-order valence-corrected chi connectivity index (χ4v) is 3.65. The number of benzene rings is 2. The van der Waals surface area contributed by atoms with Gasteiger partial charge in [-0.2, -0.15) is 5.10 Å². The standard InChI is InChI=1S/C21H19F4N5O3/c22-15-6-12-14(9-32-18(12)7-13(15)19(29-26)30-27)20(31)28-10-1-2-17(16(23)5-10)33-11-3-4-21(24,25)8-11/h1-2,5-7,9,11H,3-4,8,26-27H2,(H,28,31)(H,29,30). The molecule has 1 heterocycles. The lowest BCUT2D eigenvalue weighted by molar-refractivity contribution is -0.00136. The molecule has 1 aliphatic rings. The van der Waals surface area contributed by atoms with E-state index in [1.54, 1.807) is 0 Å². The van der Waals surface area contributed by atoms with Crippen LogP contribution in [0.15, 0.2) is 46.1 Å². The second-order valence-corrected chi connectivity index (χ2v) is 7.54. The Balaban J connectivity index is 1.51. The van der Waals surface area contributed by atoms with Crippen LogP contribution < -0.4 is 27.2 Å². The number of carbonyl (C=O) groups is 1. The van der Waals surface area contributed by atoms with Crippen LogP contribution in [0.1, 0.15) is 35.2 Å². The highest BCUT2D eigenvalue weighted by Gasteiger charge is 2.40. The summed E-state index contributed by atoms with van der Waals surface area (Å²) in [4.78, 5) is 12.7. The number of hydrogen-bond acceptors (Lipinski definition) is 6. The number of amides is 1. The Labute approximate surface area is 184 Å². The van der Waals surface area contributed by atoms with Crippen molar-refractivity contribution in [3.8, 4) is 5.75 Å². The minimum atomic E-state index is -2.82. The Morgan fingerprint density at radius 1 is 1.18 bits per heavy atom. The molecular weight excluding hydrogens is 446 g/mol. The summed E-state index contributed by atoms with van der Waals surface area (Å²) in [6, 6.07) is 5.93. The molecule has 12 heteroatoms. The van der Waals surface area contributed by atoms with Crippen molar-refractivity contribution in [1.82, 2.24) is 5.43 Å². The van der Waals surface area contributed by atoms with Crippen LogP contribution in [0.4, 0.5) is 23.2 Å². The zero-order valence-electron chi connectivity index (χ0n) is 17.0. The summed E-state index contributed by atoms with van der Waals surface area (Å²) in [5.41, 5.74) is 2.33. The van der Waals surface area contributed by atoms with Crippen molar-refractivity contribution >= 4 is 28.4 Å². The molecule has 1 aliphatic carbocycles. The molecule has 1 aromatic heterocycles. The number of hydrogen-bond donors (Lipinski definition) is 4. The number of alkyl halides is 2. The molecule has 0 bridgehead atoms. The van der Waals surface area contributed by atoms with Crippen molar-refractivity contribution in [3.05, 3.63) is 59.4 Å². The highest BCUT2D eigenvalue weighted by molar-refractivity contribution is 6.13. The molecule has 1 atom stereocenters. The van der Waals surface area contributed by atoms with E-state index in [9.17, 15) is 22.4 Å². The first-order chi connectivity index (χ1) is 15.7. The number of anilines is 1. The Bertz CT molecular complexity index is 1240. The van der Waals surface area contributed by atoms with Crippen molar-refractivity contribution < 1.29 is 31.5 Å². The van der Waals surface area contributed by atoms with Crippen molar-refractivity contribution in [2.24, 2.45) is 16.8 Å². The number of hydrazone groups is 1. The first kappa shape index (κ1) is 22.4. The number of fused-ring (bicyclic) bond motifs is 1. The Morgan fingerprint density at radius 3 is 2.61 bits per heavy atom. The Hall–Kier alpha value is -3.80.